The second-order valence-corrected chi connectivity index (χ2v) is 6.55. The maximum absolute atomic E-state index is 9.73. The van der Waals surface area contributed by atoms with Crippen molar-refractivity contribution in [2.75, 3.05) is 19.7 Å². The summed E-state index contributed by atoms with van der Waals surface area (Å²) in [5, 5.41) is 13.3. The van der Waals surface area contributed by atoms with Crippen LogP contribution in [0.1, 0.15) is 73.6 Å². The van der Waals surface area contributed by atoms with Crippen molar-refractivity contribution >= 4 is 0 Å². The summed E-state index contributed by atoms with van der Waals surface area (Å²) < 4.78 is 0. The largest absolute Gasteiger partial charge is 0.394 e. The number of nitrogens with one attached hydrogen (secondary N) is 1. The summed E-state index contributed by atoms with van der Waals surface area (Å²) in [5.41, 5.74) is -0.159. The Morgan fingerprint density at radius 3 is 2.20 bits per heavy atom. The Labute approximate surface area is 127 Å². The summed E-state index contributed by atoms with van der Waals surface area (Å²) in [6.07, 6.45) is 5.79. The molecule has 0 saturated carbocycles. The monoisotopic (exact) mass is 286 g/mol. The molecule has 0 heterocycles. The van der Waals surface area contributed by atoms with Gasteiger partial charge >= 0.3 is 0 Å². The van der Waals surface area contributed by atoms with Gasteiger partial charge in [0.05, 0.1) is 6.61 Å². The normalized spacial score (nSPS) is 18.0. The van der Waals surface area contributed by atoms with Crippen molar-refractivity contribution in [2.45, 2.75) is 91.3 Å². The predicted molar refractivity (Wildman–Crippen MR) is 89.2 cm³/mol. The highest BCUT2D eigenvalue weighted by molar-refractivity contribution is 4.88. The van der Waals surface area contributed by atoms with Crippen LogP contribution in [-0.2, 0) is 0 Å². The van der Waals surface area contributed by atoms with Crippen molar-refractivity contribution < 1.29 is 5.11 Å². The molecule has 0 aliphatic rings. The standard InChI is InChI=1S/C17H38N2O/c1-7-10-12-19(15(4)9-3)16(5)13-17(6,14-20)18-11-8-2/h15-16,18,20H,7-14H2,1-6H3. The molecule has 0 rings (SSSR count). The molecular formula is C17H38N2O. The molecule has 0 aromatic carbocycles. The molecule has 0 spiro atoms. The zero-order valence-electron chi connectivity index (χ0n) is 14.7. The number of hydrogen-bond donors (Lipinski definition) is 2. The molecule has 0 radical (unpaired) electrons. The summed E-state index contributed by atoms with van der Waals surface area (Å²) in [4.78, 5) is 2.62. The SMILES string of the molecule is CCCCN(C(C)CC)C(C)CC(C)(CO)NCCC. The average molecular weight is 287 g/mol. The molecule has 3 heteroatoms. The van der Waals surface area contributed by atoms with Gasteiger partial charge in [0.25, 0.3) is 0 Å². The quantitative estimate of drug-likeness (QED) is 0.577. The second kappa shape index (κ2) is 10.6. The lowest BCUT2D eigenvalue weighted by Crippen LogP contribution is -2.52. The van der Waals surface area contributed by atoms with E-state index in [0.717, 1.165) is 19.4 Å². The molecule has 0 bridgehead atoms. The van der Waals surface area contributed by atoms with E-state index in [-0.39, 0.29) is 12.1 Å². The first kappa shape index (κ1) is 19.9. The minimum absolute atomic E-state index is 0.159. The van der Waals surface area contributed by atoms with Crippen LogP contribution in [0.5, 0.6) is 0 Å². The number of hydrogen-bond acceptors (Lipinski definition) is 3. The fourth-order valence-corrected chi connectivity index (χ4v) is 2.84. The molecule has 0 aromatic rings. The first-order valence-corrected chi connectivity index (χ1v) is 8.55. The van der Waals surface area contributed by atoms with E-state index in [1.807, 2.05) is 0 Å². The van der Waals surface area contributed by atoms with Gasteiger partial charge in [0, 0.05) is 17.6 Å². The lowest BCUT2D eigenvalue weighted by Gasteiger charge is -2.39. The first-order chi connectivity index (χ1) is 9.44. The lowest BCUT2D eigenvalue weighted by atomic mass is 9.92. The summed E-state index contributed by atoms with van der Waals surface area (Å²) >= 11 is 0. The van der Waals surface area contributed by atoms with Gasteiger partial charge in [-0.15, -0.1) is 0 Å². The van der Waals surface area contributed by atoms with Crippen molar-refractivity contribution in [1.82, 2.24) is 10.2 Å². The van der Waals surface area contributed by atoms with Gasteiger partial charge in [-0.25, -0.2) is 0 Å². The first-order valence-electron chi connectivity index (χ1n) is 8.55. The molecule has 122 valence electrons. The third kappa shape index (κ3) is 7.05. The number of unbranched alkanes of at least 4 members (excludes halogenated alkanes) is 1. The number of rotatable bonds is 12. The van der Waals surface area contributed by atoms with Crippen molar-refractivity contribution in [2.24, 2.45) is 0 Å². The zero-order valence-corrected chi connectivity index (χ0v) is 14.7. The van der Waals surface area contributed by atoms with E-state index in [1.165, 1.54) is 25.8 Å². The van der Waals surface area contributed by atoms with Crippen LogP contribution in [0.15, 0.2) is 0 Å². The minimum atomic E-state index is -0.159. The van der Waals surface area contributed by atoms with Crippen LogP contribution >= 0.6 is 0 Å². The molecule has 0 aliphatic heterocycles. The third-order valence-electron chi connectivity index (χ3n) is 4.39. The van der Waals surface area contributed by atoms with E-state index in [2.05, 4.69) is 51.8 Å². The molecule has 0 amide bonds. The van der Waals surface area contributed by atoms with E-state index in [4.69, 9.17) is 0 Å². The Kier molecular flexibility index (Phi) is 10.5. The van der Waals surface area contributed by atoms with Crippen LogP contribution in [0.3, 0.4) is 0 Å². The Morgan fingerprint density at radius 1 is 1.10 bits per heavy atom. The van der Waals surface area contributed by atoms with Crippen LogP contribution in [0.2, 0.25) is 0 Å². The van der Waals surface area contributed by atoms with Crippen molar-refractivity contribution in [3.05, 3.63) is 0 Å². The lowest BCUT2D eigenvalue weighted by molar-refractivity contribution is 0.0895. The number of aliphatic hydroxyl groups excluding tert-OH is 1. The Balaban J connectivity index is 4.64. The summed E-state index contributed by atoms with van der Waals surface area (Å²) in [7, 11) is 0. The van der Waals surface area contributed by atoms with Gasteiger partial charge < -0.3 is 10.4 Å². The molecule has 0 aliphatic carbocycles. The molecular weight excluding hydrogens is 248 g/mol. The smallest absolute Gasteiger partial charge is 0.0611 e. The van der Waals surface area contributed by atoms with Crippen molar-refractivity contribution in [3.63, 3.8) is 0 Å². The number of aliphatic hydroxyl groups is 1. The zero-order chi connectivity index (χ0) is 15.6. The third-order valence-corrected chi connectivity index (χ3v) is 4.39. The van der Waals surface area contributed by atoms with Crippen LogP contribution in [0.25, 0.3) is 0 Å². The van der Waals surface area contributed by atoms with Gasteiger partial charge in [0.2, 0.25) is 0 Å². The highest BCUT2D eigenvalue weighted by atomic mass is 16.3. The molecule has 3 unspecified atom stereocenters. The summed E-state index contributed by atoms with van der Waals surface area (Å²) in [6.45, 7) is 15.8. The highest BCUT2D eigenvalue weighted by Crippen LogP contribution is 2.20. The molecule has 3 atom stereocenters. The predicted octanol–water partition coefficient (Wildman–Crippen LogP) is 3.42. The second-order valence-electron chi connectivity index (χ2n) is 6.55. The van der Waals surface area contributed by atoms with Crippen LogP contribution in [0, 0.1) is 0 Å². The van der Waals surface area contributed by atoms with Gasteiger partial charge in [0.15, 0.2) is 0 Å². The fraction of sp³-hybridized carbons (Fsp3) is 1.00. The molecule has 0 aromatic heterocycles. The van der Waals surface area contributed by atoms with Crippen LogP contribution in [0.4, 0.5) is 0 Å². The number of nitrogens with zero attached hydrogens (tertiary/aromatic N) is 1. The molecule has 2 N–H and O–H groups in total. The summed E-state index contributed by atoms with van der Waals surface area (Å²) in [6, 6.07) is 1.11. The Morgan fingerprint density at radius 2 is 1.75 bits per heavy atom. The van der Waals surface area contributed by atoms with E-state index < -0.39 is 0 Å². The van der Waals surface area contributed by atoms with Gasteiger partial charge in [-0.1, -0.05) is 27.2 Å². The van der Waals surface area contributed by atoms with Gasteiger partial charge in [-0.05, 0) is 59.5 Å². The highest BCUT2D eigenvalue weighted by Gasteiger charge is 2.28. The maximum Gasteiger partial charge on any atom is 0.0611 e. The van der Waals surface area contributed by atoms with Crippen molar-refractivity contribution in [1.29, 1.82) is 0 Å². The van der Waals surface area contributed by atoms with E-state index in [9.17, 15) is 5.11 Å². The maximum atomic E-state index is 9.73. The summed E-state index contributed by atoms with van der Waals surface area (Å²) in [5.74, 6) is 0. The van der Waals surface area contributed by atoms with Crippen LogP contribution < -0.4 is 5.32 Å². The van der Waals surface area contributed by atoms with E-state index in [1.54, 1.807) is 0 Å². The average Bonchev–Trinajstić information content (AvgIpc) is 2.45. The Bertz CT molecular complexity index is 235. The molecule has 3 nitrogen and oxygen atoms in total. The van der Waals surface area contributed by atoms with E-state index in [0.29, 0.717) is 12.1 Å². The molecule has 0 fully saturated rings. The fourth-order valence-electron chi connectivity index (χ4n) is 2.84. The van der Waals surface area contributed by atoms with Gasteiger partial charge in [0.1, 0.15) is 0 Å². The molecule has 20 heavy (non-hydrogen) atoms. The van der Waals surface area contributed by atoms with Gasteiger partial charge in [-0.2, -0.15) is 0 Å². The minimum Gasteiger partial charge on any atom is -0.394 e. The Hall–Kier alpha value is -0.120. The van der Waals surface area contributed by atoms with E-state index >= 15 is 0 Å². The topological polar surface area (TPSA) is 35.5 Å². The molecule has 0 saturated heterocycles. The van der Waals surface area contributed by atoms with Gasteiger partial charge in [-0.3, -0.25) is 4.90 Å². The van der Waals surface area contributed by atoms with Crippen molar-refractivity contribution in [3.8, 4) is 0 Å². The van der Waals surface area contributed by atoms with Crippen LogP contribution in [-0.4, -0.2) is 47.3 Å².